The van der Waals surface area contributed by atoms with Crippen LogP contribution in [0.25, 0.3) is 0 Å². The molecule has 0 fully saturated rings. The maximum atomic E-state index is 11.6. The Morgan fingerprint density at radius 1 is 0.793 bits per heavy atom. The zero-order chi connectivity index (χ0) is 20.1. The Balaban J connectivity index is 0.00000392. The molecule has 7 nitrogen and oxygen atoms in total. The van der Waals surface area contributed by atoms with Crippen molar-refractivity contribution >= 4 is 20.2 Å². The average Bonchev–Trinajstić information content (AvgIpc) is 2.58. The number of ether oxygens (including phenoxy) is 1. The molecular weight excluding hydrogens is 438 g/mol. The van der Waals surface area contributed by atoms with Crippen LogP contribution in [-0.2, 0) is 26.7 Å². The molecule has 0 heterocycles. The second-order valence-electron chi connectivity index (χ2n) is 6.01. The third-order valence-electron chi connectivity index (χ3n) is 3.96. The number of hydrogen-bond donors (Lipinski definition) is 0. The Hall–Kier alpha value is 0.0600. The molecule has 0 saturated heterocycles. The topological polar surface area (TPSA) is 124 Å². The summed E-state index contributed by atoms with van der Waals surface area (Å²) >= 11 is 0. The molecule has 2 aromatic carbocycles. The van der Waals surface area contributed by atoms with E-state index in [1.165, 1.54) is 24.3 Å². The van der Waals surface area contributed by atoms with Crippen LogP contribution in [0.15, 0.2) is 52.3 Å². The summed E-state index contributed by atoms with van der Waals surface area (Å²) in [4.78, 5) is -1.21. The molecule has 0 aliphatic heterocycles. The largest absolute Gasteiger partial charge is 1.00 e. The summed E-state index contributed by atoms with van der Waals surface area (Å²) in [7, 11) is -9.70. The van der Waals surface area contributed by atoms with Crippen LogP contribution in [0, 0.1) is 0 Å². The van der Waals surface area contributed by atoms with Crippen molar-refractivity contribution in [1.82, 2.24) is 0 Å². The van der Waals surface area contributed by atoms with Gasteiger partial charge in [0.25, 0.3) is 0 Å². The minimum Gasteiger partial charge on any atom is -0.744 e. The predicted molar refractivity (Wildman–Crippen MR) is 96.7 cm³/mol. The van der Waals surface area contributed by atoms with Crippen molar-refractivity contribution in [3.63, 3.8) is 0 Å². The molecule has 2 aromatic rings. The van der Waals surface area contributed by atoms with Gasteiger partial charge < -0.3 is 13.8 Å². The molecule has 0 aliphatic carbocycles. The van der Waals surface area contributed by atoms with Crippen molar-refractivity contribution in [3.8, 4) is 11.5 Å². The van der Waals surface area contributed by atoms with Crippen LogP contribution < -0.4 is 63.9 Å². The number of benzene rings is 2. The fourth-order valence-electron chi connectivity index (χ4n) is 2.66. The van der Waals surface area contributed by atoms with Gasteiger partial charge >= 0.3 is 59.1 Å². The van der Waals surface area contributed by atoms with E-state index in [0.717, 1.165) is 37.8 Å². The van der Waals surface area contributed by atoms with E-state index in [4.69, 9.17) is 4.74 Å². The van der Waals surface area contributed by atoms with Gasteiger partial charge in [-0.2, -0.15) is 0 Å². The molecule has 0 N–H and O–H groups in total. The molecule has 0 spiro atoms. The van der Waals surface area contributed by atoms with Crippen LogP contribution in [0.5, 0.6) is 11.5 Å². The van der Waals surface area contributed by atoms with Crippen molar-refractivity contribution < 1.29 is 89.8 Å². The van der Waals surface area contributed by atoms with E-state index in [0.29, 0.717) is 12.0 Å². The van der Waals surface area contributed by atoms with Crippen molar-refractivity contribution in [1.29, 1.82) is 0 Å². The standard InChI is InChI=1S/C18H22O7S2.2Na/c1-2-3-4-5-9-14-10-8-13-17(27(22,23)24)18(14)25-15-11-6-7-12-16(15)26(19,20)21;;/h6-8,10-13H,2-5,9H2,1H3,(H,19,20,21)(H,22,23,24);;/q;2*+1/p-2. The Kier molecular flexibility index (Phi) is 12.8. The zero-order valence-electron chi connectivity index (χ0n) is 16.8. The van der Waals surface area contributed by atoms with Crippen LogP contribution in [0.4, 0.5) is 0 Å². The fraction of sp³-hybridized carbons (Fsp3) is 0.333. The van der Waals surface area contributed by atoms with Gasteiger partial charge in [0.1, 0.15) is 31.7 Å². The second kappa shape index (κ2) is 12.8. The minimum absolute atomic E-state index is 0. The first-order chi connectivity index (χ1) is 12.6. The number of unbranched alkanes of at least 4 members (excludes halogenated alkanes) is 3. The number of hydrogen-bond acceptors (Lipinski definition) is 7. The van der Waals surface area contributed by atoms with E-state index in [2.05, 4.69) is 6.92 Å². The van der Waals surface area contributed by atoms with Crippen molar-refractivity contribution in [2.75, 3.05) is 0 Å². The Morgan fingerprint density at radius 3 is 1.97 bits per heavy atom. The summed E-state index contributed by atoms with van der Waals surface area (Å²) in [5.41, 5.74) is 0.459. The molecule has 0 aliphatic rings. The van der Waals surface area contributed by atoms with Gasteiger partial charge in [0, 0.05) is 0 Å². The zero-order valence-corrected chi connectivity index (χ0v) is 22.4. The first kappa shape index (κ1) is 29.1. The van der Waals surface area contributed by atoms with Gasteiger partial charge in [-0.05, 0) is 36.6 Å². The Morgan fingerprint density at radius 2 is 1.38 bits per heavy atom. The molecule has 11 heteroatoms. The van der Waals surface area contributed by atoms with Gasteiger partial charge in [-0.15, -0.1) is 0 Å². The number of para-hydroxylation sites is 2. The van der Waals surface area contributed by atoms with Crippen LogP contribution in [-0.4, -0.2) is 25.9 Å². The molecule has 0 saturated carbocycles. The molecule has 148 valence electrons. The van der Waals surface area contributed by atoms with Gasteiger partial charge in [0.05, 0.1) is 9.79 Å². The van der Waals surface area contributed by atoms with Crippen LogP contribution >= 0.6 is 0 Å². The Bertz CT molecular complexity index is 1010. The van der Waals surface area contributed by atoms with E-state index in [1.807, 2.05) is 0 Å². The molecule has 29 heavy (non-hydrogen) atoms. The van der Waals surface area contributed by atoms with E-state index in [1.54, 1.807) is 6.07 Å². The smallest absolute Gasteiger partial charge is 0.744 e. The van der Waals surface area contributed by atoms with Gasteiger partial charge in [0.2, 0.25) is 0 Å². The second-order valence-corrected chi connectivity index (χ2v) is 8.71. The summed E-state index contributed by atoms with van der Waals surface area (Å²) in [5, 5.41) is 0. The molecule has 0 aromatic heterocycles. The first-order valence-electron chi connectivity index (χ1n) is 8.45. The summed E-state index contributed by atoms with van der Waals surface area (Å²) in [6.45, 7) is 2.06. The molecule has 0 amide bonds. The summed E-state index contributed by atoms with van der Waals surface area (Å²) in [6.07, 6.45) is 4.13. The molecule has 0 radical (unpaired) electrons. The minimum atomic E-state index is -4.86. The maximum Gasteiger partial charge on any atom is 1.00 e. The normalized spacial score (nSPS) is 11.3. The third kappa shape index (κ3) is 8.60. The number of rotatable bonds is 9. The quantitative estimate of drug-likeness (QED) is 0.230. The Labute approximate surface area is 216 Å². The molecule has 2 rings (SSSR count). The first-order valence-corrected chi connectivity index (χ1v) is 11.3. The fourth-order valence-corrected chi connectivity index (χ4v) is 3.91. The van der Waals surface area contributed by atoms with Gasteiger partial charge in [0.15, 0.2) is 0 Å². The predicted octanol–water partition coefficient (Wildman–Crippen LogP) is -2.58. The van der Waals surface area contributed by atoms with Crippen LogP contribution in [0.2, 0.25) is 0 Å². The van der Waals surface area contributed by atoms with Gasteiger partial charge in [-0.25, -0.2) is 16.8 Å². The summed E-state index contributed by atoms with van der Waals surface area (Å²) < 4.78 is 74.8. The van der Waals surface area contributed by atoms with Crippen LogP contribution in [0.3, 0.4) is 0 Å². The monoisotopic (exact) mass is 458 g/mol. The van der Waals surface area contributed by atoms with Crippen molar-refractivity contribution in [2.45, 2.75) is 48.8 Å². The van der Waals surface area contributed by atoms with E-state index in [9.17, 15) is 25.9 Å². The molecular formula is C18H20Na2O7S2. The SMILES string of the molecule is CCCCCCc1cccc(S(=O)(=O)[O-])c1Oc1ccccc1S(=O)(=O)[O-].[Na+].[Na+]. The molecule has 0 bridgehead atoms. The van der Waals surface area contributed by atoms with E-state index in [-0.39, 0.29) is 70.6 Å². The number of aryl methyl sites for hydroxylation is 1. The van der Waals surface area contributed by atoms with Crippen LogP contribution in [0.1, 0.15) is 38.2 Å². The molecule has 0 atom stereocenters. The van der Waals surface area contributed by atoms with Gasteiger partial charge in [-0.1, -0.05) is 50.5 Å². The van der Waals surface area contributed by atoms with Crippen molar-refractivity contribution in [3.05, 3.63) is 48.0 Å². The summed E-state index contributed by atoms with van der Waals surface area (Å²) in [5.74, 6) is -0.557. The molecule has 0 unspecified atom stereocenters. The average molecular weight is 458 g/mol. The van der Waals surface area contributed by atoms with E-state index >= 15 is 0 Å². The third-order valence-corrected chi connectivity index (χ3v) is 5.70. The maximum absolute atomic E-state index is 11.6. The van der Waals surface area contributed by atoms with Crippen molar-refractivity contribution in [2.24, 2.45) is 0 Å². The van der Waals surface area contributed by atoms with E-state index < -0.39 is 30.0 Å². The summed E-state index contributed by atoms with van der Waals surface area (Å²) in [6, 6.07) is 9.24. The van der Waals surface area contributed by atoms with Gasteiger partial charge in [-0.3, -0.25) is 0 Å².